The molecule has 0 amide bonds. The molecule has 0 aliphatic heterocycles. The van der Waals surface area contributed by atoms with Crippen LogP contribution in [0.3, 0.4) is 0 Å². The molecule has 0 heterocycles. The first kappa shape index (κ1) is 39.4. The second-order valence-electron chi connectivity index (χ2n) is 5.25. The van der Waals surface area contributed by atoms with Crippen LogP contribution < -0.4 is 0 Å². The molecule has 0 saturated carbocycles. The van der Waals surface area contributed by atoms with Gasteiger partial charge in [-0.15, -0.1) is 13.2 Å². The van der Waals surface area contributed by atoms with Crippen LogP contribution in [0.1, 0.15) is 13.3 Å². The van der Waals surface area contributed by atoms with E-state index in [0.29, 0.717) is 26.4 Å². The molecule has 0 aromatic carbocycles. The van der Waals surface area contributed by atoms with Crippen molar-refractivity contribution in [2.75, 3.05) is 33.0 Å². The van der Waals surface area contributed by atoms with Gasteiger partial charge in [-0.05, 0) is 6.42 Å². The quantitative estimate of drug-likeness (QED) is 0.163. The fourth-order valence-electron chi connectivity index (χ4n) is 1.17. The maximum Gasteiger partial charge on any atom is 0.327 e. The van der Waals surface area contributed by atoms with E-state index >= 15 is 0 Å². The first-order valence-electron chi connectivity index (χ1n) is 8.60. The van der Waals surface area contributed by atoms with E-state index in [1.165, 1.54) is 0 Å². The van der Waals surface area contributed by atoms with E-state index in [2.05, 4.69) is 32.9 Å². The van der Waals surface area contributed by atoms with Crippen LogP contribution in [0.15, 0.2) is 63.3 Å². The van der Waals surface area contributed by atoms with Crippen LogP contribution in [-0.4, -0.2) is 71.4 Å². The number of carboxylic acid groups (broad SMARTS) is 3. The summed E-state index contributed by atoms with van der Waals surface area (Å²) in [6.45, 7) is 20.1. The minimum atomic E-state index is -0.981. The largest absolute Gasteiger partial charge is 0.478 e. The van der Waals surface area contributed by atoms with E-state index in [1.807, 2.05) is 6.92 Å². The maximum atomic E-state index is 9.36. The van der Waals surface area contributed by atoms with E-state index in [-0.39, 0.29) is 38.2 Å². The molecule has 0 fully saturated rings. The number of hydrogen-bond donors (Lipinski definition) is 4. The molecule has 0 saturated heterocycles. The summed E-state index contributed by atoms with van der Waals surface area (Å²) in [5.41, 5.74) is -0.300. The first-order chi connectivity index (χ1) is 14.1. The Morgan fingerprint density at radius 3 is 1.16 bits per heavy atom. The van der Waals surface area contributed by atoms with Gasteiger partial charge in [0, 0.05) is 49.8 Å². The van der Waals surface area contributed by atoms with Gasteiger partial charge >= 0.3 is 17.9 Å². The maximum absolute atomic E-state index is 9.36. The molecule has 10 heteroatoms. The molecule has 0 rings (SSSR count). The van der Waals surface area contributed by atoms with Crippen LogP contribution in [0, 0.1) is 5.41 Å². The van der Waals surface area contributed by atoms with Crippen molar-refractivity contribution in [1.82, 2.24) is 0 Å². The Bertz CT molecular complexity index is 468. The van der Waals surface area contributed by atoms with Gasteiger partial charge in [-0.2, -0.15) is 0 Å². The molecule has 0 bridgehead atoms. The predicted molar refractivity (Wildman–Crippen MR) is 115 cm³/mol. The molecule has 0 spiro atoms. The summed E-state index contributed by atoms with van der Waals surface area (Å²) in [5, 5.41) is 32.2. The average Bonchev–Trinajstić information content (AvgIpc) is 2.74. The summed E-state index contributed by atoms with van der Waals surface area (Å²) in [4.78, 5) is 27.8. The van der Waals surface area contributed by atoms with Gasteiger partial charge in [0.2, 0.25) is 0 Å². The number of rotatable bonds is 13. The summed E-state index contributed by atoms with van der Waals surface area (Å²) in [6, 6.07) is 0. The third-order valence-corrected chi connectivity index (χ3v) is 2.90. The molecule has 176 valence electrons. The molecule has 0 unspecified atom stereocenters. The topological polar surface area (TPSA) is 151 Å². The Morgan fingerprint density at radius 1 is 0.774 bits per heavy atom. The summed E-state index contributed by atoms with van der Waals surface area (Å²) >= 11 is 0. The monoisotopic (exact) mass is 520 g/mol. The van der Waals surface area contributed by atoms with E-state index in [1.54, 1.807) is 12.2 Å². The molecule has 4 N–H and O–H groups in total. The van der Waals surface area contributed by atoms with Crippen LogP contribution in [0.5, 0.6) is 0 Å². The molecule has 0 aliphatic rings. The van der Waals surface area contributed by atoms with Crippen molar-refractivity contribution in [3.8, 4) is 0 Å². The van der Waals surface area contributed by atoms with Gasteiger partial charge in [0.1, 0.15) is 0 Å². The Hall–Kier alpha value is -2.13. The van der Waals surface area contributed by atoms with Gasteiger partial charge < -0.3 is 29.9 Å². The smallest absolute Gasteiger partial charge is 0.327 e. The predicted octanol–water partition coefficient (Wildman–Crippen LogP) is 2.55. The van der Waals surface area contributed by atoms with Gasteiger partial charge in [0.25, 0.3) is 0 Å². The van der Waals surface area contributed by atoms with Crippen LogP contribution in [0.2, 0.25) is 0 Å². The molecular formula is C21H34O9Zr. The number of ether oxygens (including phenoxy) is 2. The van der Waals surface area contributed by atoms with Crippen molar-refractivity contribution >= 4 is 17.9 Å². The minimum Gasteiger partial charge on any atom is -0.478 e. The van der Waals surface area contributed by atoms with E-state index in [0.717, 1.165) is 24.6 Å². The average molecular weight is 522 g/mol. The summed E-state index contributed by atoms with van der Waals surface area (Å²) in [6.07, 6.45) is 6.71. The first-order valence-corrected chi connectivity index (χ1v) is 8.60. The van der Waals surface area contributed by atoms with Gasteiger partial charge in [-0.1, -0.05) is 38.8 Å². The third kappa shape index (κ3) is 39.0. The number of carbonyl (C=O) groups is 3. The van der Waals surface area contributed by atoms with Crippen molar-refractivity contribution in [2.24, 2.45) is 5.41 Å². The van der Waals surface area contributed by atoms with Crippen LogP contribution in [0.25, 0.3) is 0 Å². The molecule has 0 aromatic heterocycles. The molecule has 9 nitrogen and oxygen atoms in total. The SMILES string of the molecule is C=CC(=O)O.C=CC(=O)O.C=CC(=O)O.C=CCOCC(CC)(CO)COCC=C.[Zr]. The fourth-order valence-corrected chi connectivity index (χ4v) is 1.17. The van der Waals surface area contributed by atoms with Crippen LogP contribution >= 0.6 is 0 Å². The molecular weight excluding hydrogens is 487 g/mol. The number of carboxylic acids is 3. The summed E-state index contributed by atoms with van der Waals surface area (Å²) in [5.74, 6) is -2.94. The van der Waals surface area contributed by atoms with Crippen molar-refractivity contribution < 1.29 is 70.5 Å². The van der Waals surface area contributed by atoms with Crippen molar-refractivity contribution in [1.29, 1.82) is 0 Å². The number of hydrogen-bond acceptors (Lipinski definition) is 6. The van der Waals surface area contributed by atoms with Gasteiger partial charge in [-0.3, -0.25) is 0 Å². The van der Waals surface area contributed by atoms with E-state index in [9.17, 15) is 19.5 Å². The Morgan fingerprint density at radius 2 is 1.03 bits per heavy atom. The molecule has 0 atom stereocenters. The van der Waals surface area contributed by atoms with E-state index < -0.39 is 17.9 Å². The zero-order valence-corrected chi connectivity index (χ0v) is 20.5. The molecule has 0 radical (unpaired) electrons. The molecule has 0 aliphatic carbocycles. The van der Waals surface area contributed by atoms with Gasteiger partial charge in [-0.25, -0.2) is 14.4 Å². The van der Waals surface area contributed by atoms with Gasteiger partial charge in [0.05, 0.1) is 33.0 Å². The zero-order valence-electron chi connectivity index (χ0n) is 18.0. The standard InChI is InChI=1S/C12H22O3.3C3H4O2.Zr/c1-4-7-14-10-12(6-3,9-13)11-15-8-5-2;3*1-2-3(4)5;/h4-5,13H,1-2,6-11H2,3H3;3*2H,1H2,(H,4,5);. The second kappa shape index (κ2) is 30.1. The van der Waals surface area contributed by atoms with Crippen molar-refractivity contribution in [3.63, 3.8) is 0 Å². The van der Waals surface area contributed by atoms with E-state index in [4.69, 9.17) is 24.8 Å². The number of aliphatic hydroxyl groups is 1. The molecule has 31 heavy (non-hydrogen) atoms. The third-order valence-electron chi connectivity index (χ3n) is 2.90. The Balaban J connectivity index is -0.000000116. The minimum absolute atomic E-state index is 0. The van der Waals surface area contributed by atoms with Crippen molar-refractivity contribution in [3.05, 3.63) is 63.3 Å². The fraction of sp³-hybridized carbons (Fsp3) is 0.381. The summed E-state index contributed by atoms with van der Waals surface area (Å²) < 4.78 is 10.8. The van der Waals surface area contributed by atoms with Crippen LogP contribution in [0.4, 0.5) is 0 Å². The van der Waals surface area contributed by atoms with Crippen LogP contribution in [-0.2, 0) is 50.1 Å². The van der Waals surface area contributed by atoms with Gasteiger partial charge in [0.15, 0.2) is 0 Å². The Kier molecular flexibility index (Phi) is 38.2. The van der Waals surface area contributed by atoms with Crippen molar-refractivity contribution in [2.45, 2.75) is 13.3 Å². The molecule has 0 aromatic rings. The number of aliphatic hydroxyl groups excluding tert-OH is 1. The zero-order chi connectivity index (χ0) is 24.4. The Labute approximate surface area is 203 Å². The normalized spacial score (nSPS) is 8.58. The number of aliphatic carboxylic acids is 3. The second-order valence-corrected chi connectivity index (χ2v) is 5.25. The summed E-state index contributed by atoms with van der Waals surface area (Å²) in [7, 11) is 0.